The smallest absolute Gasteiger partial charge is 0.212 e. The van der Waals surface area contributed by atoms with Crippen LogP contribution in [0.5, 0.6) is 11.5 Å². The van der Waals surface area contributed by atoms with Crippen molar-refractivity contribution in [3.63, 3.8) is 0 Å². The first-order chi connectivity index (χ1) is 12.7. The Morgan fingerprint density at radius 2 is 1.96 bits per heavy atom. The molecule has 0 atom stereocenters. The van der Waals surface area contributed by atoms with Crippen LogP contribution >= 0.6 is 23.4 Å². The van der Waals surface area contributed by atoms with Crippen molar-refractivity contribution >= 4 is 29.1 Å². The monoisotopic (exact) mass is 386 g/mol. The van der Waals surface area contributed by atoms with Crippen LogP contribution in [0.15, 0.2) is 58.8 Å². The normalized spacial score (nSPS) is 13.1. The number of nitrogens with zero attached hydrogens (tertiary/aromatic N) is 4. The Hall–Kier alpha value is -2.51. The van der Waals surface area contributed by atoms with Crippen molar-refractivity contribution < 1.29 is 9.47 Å². The highest BCUT2D eigenvalue weighted by molar-refractivity contribution is 7.99. The third-order valence-electron chi connectivity index (χ3n) is 3.82. The molecule has 1 aliphatic rings. The number of hydrogen-bond donors (Lipinski definition) is 0. The number of benzene rings is 2. The van der Waals surface area contributed by atoms with Crippen molar-refractivity contribution in [3.8, 4) is 11.5 Å². The SMILES string of the molecule is COc1cccc(C2=Nn3c(COc4ccc(Cl)cc4)nnc3SC2)c1. The molecule has 0 bridgehead atoms. The second-order valence-corrected chi connectivity index (χ2v) is 6.90. The third kappa shape index (κ3) is 3.54. The van der Waals surface area contributed by atoms with Crippen LogP contribution in [0.25, 0.3) is 0 Å². The average molecular weight is 387 g/mol. The van der Waals surface area contributed by atoms with E-state index in [1.54, 1.807) is 35.7 Å². The van der Waals surface area contributed by atoms with Gasteiger partial charge in [-0.2, -0.15) is 9.78 Å². The second-order valence-electron chi connectivity index (χ2n) is 5.52. The Morgan fingerprint density at radius 3 is 2.77 bits per heavy atom. The van der Waals surface area contributed by atoms with Gasteiger partial charge >= 0.3 is 0 Å². The van der Waals surface area contributed by atoms with Gasteiger partial charge in [0.25, 0.3) is 0 Å². The van der Waals surface area contributed by atoms with Crippen LogP contribution in [0.4, 0.5) is 0 Å². The number of thioether (sulfide) groups is 1. The number of rotatable bonds is 5. The quantitative estimate of drug-likeness (QED) is 0.666. The Morgan fingerprint density at radius 1 is 1.12 bits per heavy atom. The summed E-state index contributed by atoms with van der Waals surface area (Å²) in [6.07, 6.45) is 0. The van der Waals surface area contributed by atoms with E-state index < -0.39 is 0 Å². The molecule has 132 valence electrons. The first kappa shape index (κ1) is 16.9. The van der Waals surface area contributed by atoms with Gasteiger partial charge in [-0.05, 0) is 36.4 Å². The molecular weight excluding hydrogens is 372 g/mol. The Balaban J connectivity index is 1.57. The third-order valence-corrected chi connectivity index (χ3v) is 5.00. The summed E-state index contributed by atoms with van der Waals surface area (Å²) in [6.45, 7) is 0.268. The summed E-state index contributed by atoms with van der Waals surface area (Å²) >= 11 is 7.48. The molecule has 2 heterocycles. The van der Waals surface area contributed by atoms with E-state index in [-0.39, 0.29) is 6.61 Å². The zero-order chi connectivity index (χ0) is 17.9. The van der Waals surface area contributed by atoms with Gasteiger partial charge in [0.05, 0.1) is 12.8 Å². The molecule has 3 aromatic rings. The maximum atomic E-state index is 5.89. The lowest BCUT2D eigenvalue weighted by atomic mass is 10.1. The summed E-state index contributed by atoms with van der Waals surface area (Å²) in [5.74, 6) is 2.88. The molecule has 26 heavy (non-hydrogen) atoms. The highest BCUT2D eigenvalue weighted by Crippen LogP contribution is 2.26. The number of aromatic nitrogens is 3. The molecule has 0 unspecified atom stereocenters. The maximum Gasteiger partial charge on any atom is 0.212 e. The van der Waals surface area contributed by atoms with Gasteiger partial charge in [-0.15, -0.1) is 10.2 Å². The summed E-state index contributed by atoms with van der Waals surface area (Å²) in [4.78, 5) is 0. The second kappa shape index (κ2) is 7.39. The van der Waals surface area contributed by atoms with Crippen LogP contribution in [0.1, 0.15) is 11.4 Å². The molecule has 6 nitrogen and oxygen atoms in total. The maximum absolute atomic E-state index is 5.89. The van der Waals surface area contributed by atoms with Crippen LogP contribution in [-0.2, 0) is 6.61 Å². The zero-order valence-corrected chi connectivity index (χ0v) is 15.5. The summed E-state index contributed by atoms with van der Waals surface area (Å²) < 4.78 is 12.8. The fourth-order valence-electron chi connectivity index (χ4n) is 2.48. The Kier molecular flexibility index (Phi) is 4.81. The zero-order valence-electron chi connectivity index (χ0n) is 13.9. The highest BCUT2D eigenvalue weighted by atomic mass is 35.5. The number of hydrogen-bond acceptors (Lipinski definition) is 6. The van der Waals surface area contributed by atoms with Crippen LogP contribution in [-0.4, -0.2) is 33.4 Å². The van der Waals surface area contributed by atoms with Crippen LogP contribution in [0.3, 0.4) is 0 Å². The molecule has 0 saturated heterocycles. The van der Waals surface area contributed by atoms with E-state index in [2.05, 4.69) is 10.2 Å². The van der Waals surface area contributed by atoms with Crippen molar-refractivity contribution in [2.75, 3.05) is 12.9 Å². The van der Waals surface area contributed by atoms with E-state index in [1.165, 1.54) is 0 Å². The fourth-order valence-corrected chi connectivity index (χ4v) is 3.46. The van der Waals surface area contributed by atoms with Gasteiger partial charge in [0.2, 0.25) is 5.16 Å². The summed E-state index contributed by atoms with van der Waals surface area (Å²) in [6, 6.07) is 15.0. The molecule has 0 fully saturated rings. The molecule has 0 radical (unpaired) electrons. The number of fused-ring (bicyclic) bond motifs is 1. The van der Waals surface area contributed by atoms with E-state index in [1.807, 2.05) is 36.4 Å². The van der Waals surface area contributed by atoms with Crippen LogP contribution in [0, 0.1) is 0 Å². The molecule has 2 aromatic carbocycles. The lowest BCUT2D eigenvalue weighted by Crippen LogP contribution is -2.15. The number of halogens is 1. The molecule has 8 heteroatoms. The van der Waals surface area contributed by atoms with E-state index >= 15 is 0 Å². The van der Waals surface area contributed by atoms with Crippen molar-refractivity contribution in [1.82, 2.24) is 14.9 Å². The lowest BCUT2D eigenvalue weighted by Gasteiger charge is -2.14. The van der Waals surface area contributed by atoms with Gasteiger partial charge in [-0.1, -0.05) is 35.5 Å². The molecule has 0 saturated carbocycles. The Labute approximate surface area is 159 Å². The van der Waals surface area contributed by atoms with Crippen LogP contribution < -0.4 is 9.47 Å². The molecule has 0 N–H and O–H groups in total. The van der Waals surface area contributed by atoms with E-state index in [0.717, 1.165) is 27.9 Å². The summed E-state index contributed by atoms with van der Waals surface area (Å²) in [5, 5.41) is 14.5. The molecule has 1 aromatic heterocycles. The Bertz CT molecular complexity index is 956. The van der Waals surface area contributed by atoms with E-state index in [4.69, 9.17) is 26.2 Å². The number of ether oxygens (including phenoxy) is 2. The minimum Gasteiger partial charge on any atom is -0.497 e. The lowest BCUT2D eigenvalue weighted by molar-refractivity contribution is 0.290. The standard InChI is InChI=1S/C18H15ClN4O2S/c1-24-15-4-2-3-12(9-15)16-11-26-18-21-20-17(23(18)22-16)10-25-14-7-5-13(19)6-8-14/h2-9H,10-11H2,1H3. The topological polar surface area (TPSA) is 61.5 Å². The largest absolute Gasteiger partial charge is 0.497 e. The minimum absolute atomic E-state index is 0.268. The molecule has 0 amide bonds. The first-order valence-electron chi connectivity index (χ1n) is 7.90. The number of methoxy groups -OCH3 is 1. The van der Waals surface area contributed by atoms with Crippen LogP contribution in [0.2, 0.25) is 5.02 Å². The van der Waals surface area contributed by atoms with E-state index in [9.17, 15) is 0 Å². The van der Waals surface area contributed by atoms with Gasteiger partial charge < -0.3 is 9.47 Å². The van der Waals surface area contributed by atoms with E-state index in [0.29, 0.717) is 16.6 Å². The molecule has 0 aliphatic carbocycles. The fraction of sp³-hybridized carbons (Fsp3) is 0.167. The predicted molar refractivity (Wildman–Crippen MR) is 101 cm³/mol. The van der Waals surface area contributed by atoms with Gasteiger partial charge in [-0.3, -0.25) is 0 Å². The van der Waals surface area contributed by atoms with Crippen molar-refractivity contribution in [2.45, 2.75) is 11.8 Å². The summed E-state index contributed by atoms with van der Waals surface area (Å²) in [5.41, 5.74) is 1.95. The van der Waals surface area contributed by atoms with Crippen molar-refractivity contribution in [2.24, 2.45) is 5.10 Å². The summed E-state index contributed by atoms with van der Waals surface area (Å²) in [7, 11) is 1.65. The molecular formula is C18H15ClN4O2S. The van der Waals surface area contributed by atoms with Gasteiger partial charge in [0.1, 0.15) is 18.1 Å². The van der Waals surface area contributed by atoms with Crippen molar-refractivity contribution in [3.05, 3.63) is 64.9 Å². The predicted octanol–water partition coefficient (Wildman–Crippen LogP) is 3.88. The van der Waals surface area contributed by atoms with Gasteiger partial charge in [0, 0.05) is 16.3 Å². The molecule has 0 spiro atoms. The molecule has 4 rings (SSSR count). The van der Waals surface area contributed by atoms with Gasteiger partial charge in [-0.25, -0.2) is 0 Å². The highest BCUT2D eigenvalue weighted by Gasteiger charge is 2.20. The van der Waals surface area contributed by atoms with Crippen molar-refractivity contribution in [1.29, 1.82) is 0 Å². The first-order valence-corrected chi connectivity index (χ1v) is 9.27. The average Bonchev–Trinajstić information content (AvgIpc) is 3.10. The van der Waals surface area contributed by atoms with Gasteiger partial charge in [0.15, 0.2) is 5.82 Å². The minimum atomic E-state index is 0.268. The molecule has 1 aliphatic heterocycles.